The minimum absolute atomic E-state index is 1.07. The van der Waals surface area contributed by atoms with Crippen molar-refractivity contribution in [3.8, 4) is 22.3 Å². The molecule has 0 aliphatic rings. The summed E-state index contributed by atoms with van der Waals surface area (Å²) in [5.74, 6) is 0. The first-order chi connectivity index (χ1) is 28.3. The van der Waals surface area contributed by atoms with Crippen molar-refractivity contribution < 1.29 is 0 Å². The van der Waals surface area contributed by atoms with Gasteiger partial charge in [-0.05, 0) is 131 Å². The molecule has 3 heteroatoms. The zero-order valence-corrected chi connectivity index (χ0v) is 31.5. The molecule has 3 nitrogen and oxygen atoms in total. The lowest BCUT2D eigenvalue weighted by Gasteiger charge is -2.29. The largest absolute Gasteiger partial charge is 0.311 e. The molecule has 0 aliphatic heterocycles. The van der Waals surface area contributed by atoms with E-state index in [2.05, 4.69) is 263 Å². The first kappa shape index (κ1) is 35.1. The van der Waals surface area contributed by atoms with Crippen LogP contribution in [0.25, 0.3) is 22.3 Å². The lowest BCUT2D eigenvalue weighted by Crippen LogP contribution is -2.13. The van der Waals surface area contributed by atoms with Crippen LogP contribution in [0.1, 0.15) is 0 Å². The van der Waals surface area contributed by atoms with Crippen LogP contribution in [0.3, 0.4) is 0 Å². The van der Waals surface area contributed by atoms with E-state index >= 15 is 0 Å². The highest BCUT2D eigenvalue weighted by molar-refractivity contribution is 5.84. The third kappa shape index (κ3) is 7.68. The van der Waals surface area contributed by atoms with Crippen LogP contribution >= 0.6 is 0 Å². The normalized spacial score (nSPS) is 10.8. The molecule has 0 heterocycles. The smallest absolute Gasteiger partial charge is 0.0463 e. The monoisotopic (exact) mass is 731 g/mol. The molecule has 0 bridgehead atoms. The average molecular weight is 732 g/mol. The fourth-order valence-electron chi connectivity index (χ4n) is 7.44. The van der Waals surface area contributed by atoms with E-state index < -0.39 is 0 Å². The number of hydrogen-bond acceptors (Lipinski definition) is 3. The summed E-state index contributed by atoms with van der Waals surface area (Å²) in [5, 5.41) is 0. The Morgan fingerprint density at radius 3 is 0.526 bits per heavy atom. The Kier molecular flexibility index (Phi) is 10.1. The first-order valence-corrected chi connectivity index (χ1v) is 19.4. The molecule has 0 amide bonds. The Morgan fingerprint density at radius 1 is 0.140 bits per heavy atom. The van der Waals surface area contributed by atoms with Crippen molar-refractivity contribution in [3.63, 3.8) is 0 Å². The first-order valence-electron chi connectivity index (χ1n) is 19.4. The maximum absolute atomic E-state index is 2.32. The zero-order valence-electron chi connectivity index (χ0n) is 31.5. The molecule has 57 heavy (non-hydrogen) atoms. The predicted octanol–water partition coefficient (Wildman–Crippen LogP) is 15.4. The van der Waals surface area contributed by atoms with Crippen LogP contribution in [-0.2, 0) is 0 Å². The van der Waals surface area contributed by atoms with Crippen LogP contribution in [0.2, 0.25) is 0 Å². The molecular weight excluding hydrogens is 691 g/mol. The maximum atomic E-state index is 2.32. The van der Waals surface area contributed by atoms with Crippen molar-refractivity contribution in [2.45, 2.75) is 0 Å². The molecule has 0 radical (unpaired) electrons. The van der Waals surface area contributed by atoms with E-state index in [1.807, 2.05) is 0 Å². The van der Waals surface area contributed by atoms with Gasteiger partial charge in [-0.2, -0.15) is 0 Å². The van der Waals surface area contributed by atoms with Crippen molar-refractivity contribution >= 4 is 51.2 Å². The summed E-state index contributed by atoms with van der Waals surface area (Å²) in [7, 11) is 0. The van der Waals surface area contributed by atoms with Crippen LogP contribution < -0.4 is 14.7 Å². The van der Waals surface area contributed by atoms with Gasteiger partial charge in [0.15, 0.2) is 0 Å². The number of para-hydroxylation sites is 3. The lowest BCUT2D eigenvalue weighted by atomic mass is 10.0. The topological polar surface area (TPSA) is 9.72 Å². The van der Waals surface area contributed by atoms with E-state index in [0.717, 1.165) is 51.2 Å². The minimum Gasteiger partial charge on any atom is -0.311 e. The summed E-state index contributed by atoms with van der Waals surface area (Å²) >= 11 is 0. The Morgan fingerprint density at radius 2 is 0.298 bits per heavy atom. The summed E-state index contributed by atoms with van der Waals surface area (Å²) < 4.78 is 0. The molecule has 0 fully saturated rings. The van der Waals surface area contributed by atoms with Gasteiger partial charge in [-0.25, -0.2) is 0 Å². The lowest BCUT2D eigenvalue weighted by molar-refractivity contribution is 1.24. The SMILES string of the molecule is c1ccc(-c2ccc(N(c3ccccc3)c3ccc(N(c4ccccc4)c4ccc(N(c5ccccc5)c5ccc(-c6ccccc6)cc5)cc4)cc3)cc2)cc1. The molecule has 9 rings (SSSR count). The van der Waals surface area contributed by atoms with E-state index in [9.17, 15) is 0 Å². The van der Waals surface area contributed by atoms with Gasteiger partial charge in [0, 0.05) is 51.2 Å². The predicted molar refractivity (Wildman–Crippen MR) is 241 cm³/mol. The van der Waals surface area contributed by atoms with E-state index in [0.29, 0.717) is 0 Å². The maximum Gasteiger partial charge on any atom is 0.0463 e. The highest BCUT2D eigenvalue weighted by Gasteiger charge is 2.18. The van der Waals surface area contributed by atoms with Gasteiger partial charge in [0.1, 0.15) is 0 Å². The van der Waals surface area contributed by atoms with E-state index in [4.69, 9.17) is 0 Å². The van der Waals surface area contributed by atoms with Crippen molar-refractivity contribution in [2.75, 3.05) is 14.7 Å². The summed E-state index contributed by atoms with van der Waals surface area (Å²) in [4.78, 5) is 6.94. The van der Waals surface area contributed by atoms with Crippen molar-refractivity contribution in [1.29, 1.82) is 0 Å². The van der Waals surface area contributed by atoms with Gasteiger partial charge in [-0.1, -0.05) is 140 Å². The Labute approximate surface area is 335 Å². The van der Waals surface area contributed by atoms with Crippen LogP contribution in [-0.4, -0.2) is 0 Å². The van der Waals surface area contributed by atoms with Crippen LogP contribution in [0.15, 0.2) is 249 Å². The summed E-state index contributed by atoms with van der Waals surface area (Å²) in [5.41, 5.74) is 14.6. The quantitative estimate of drug-likeness (QED) is 0.131. The molecular formula is C54H41N3. The molecule has 0 unspecified atom stereocenters. The third-order valence-electron chi connectivity index (χ3n) is 10.2. The number of anilines is 9. The van der Waals surface area contributed by atoms with E-state index in [-0.39, 0.29) is 0 Å². The molecule has 0 aliphatic carbocycles. The van der Waals surface area contributed by atoms with Crippen LogP contribution in [0.4, 0.5) is 51.2 Å². The molecule has 0 saturated carbocycles. The van der Waals surface area contributed by atoms with Crippen molar-refractivity contribution in [2.24, 2.45) is 0 Å². The molecule has 272 valence electrons. The van der Waals surface area contributed by atoms with E-state index in [1.165, 1.54) is 22.3 Å². The fraction of sp³-hybridized carbons (Fsp3) is 0. The van der Waals surface area contributed by atoms with Gasteiger partial charge >= 0.3 is 0 Å². The number of hydrogen-bond donors (Lipinski definition) is 0. The molecule has 9 aromatic rings. The summed E-state index contributed by atoms with van der Waals surface area (Å²) in [6.07, 6.45) is 0. The second kappa shape index (κ2) is 16.4. The van der Waals surface area contributed by atoms with Gasteiger partial charge in [-0.15, -0.1) is 0 Å². The van der Waals surface area contributed by atoms with Gasteiger partial charge in [0.05, 0.1) is 0 Å². The van der Waals surface area contributed by atoms with Crippen LogP contribution in [0, 0.1) is 0 Å². The second-order valence-electron chi connectivity index (χ2n) is 13.9. The summed E-state index contributed by atoms with van der Waals surface area (Å²) in [6, 6.07) is 88.1. The minimum atomic E-state index is 1.07. The standard InChI is InChI=1S/C54H41N3/c1-6-16-42(17-7-1)44-26-30-49(31-27-44)55(46-20-10-3-11-21-46)51-34-38-53(39-35-51)57(48-24-14-5-15-25-48)54-40-36-52(37-41-54)56(47-22-12-4-13-23-47)50-32-28-45(29-33-50)43-18-8-2-9-19-43/h1-41H. The fourth-order valence-corrected chi connectivity index (χ4v) is 7.44. The Hall–Kier alpha value is -7.62. The molecule has 0 aromatic heterocycles. The average Bonchev–Trinajstić information content (AvgIpc) is 3.30. The van der Waals surface area contributed by atoms with E-state index in [1.54, 1.807) is 0 Å². The van der Waals surface area contributed by atoms with Gasteiger partial charge in [0.25, 0.3) is 0 Å². The van der Waals surface area contributed by atoms with Crippen molar-refractivity contribution in [1.82, 2.24) is 0 Å². The van der Waals surface area contributed by atoms with Gasteiger partial charge in [-0.3, -0.25) is 0 Å². The van der Waals surface area contributed by atoms with Crippen LogP contribution in [0.5, 0.6) is 0 Å². The highest BCUT2D eigenvalue weighted by Crippen LogP contribution is 2.41. The zero-order chi connectivity index (χ0) is 38.2. The van der Waals surface area contributed by atoms with Gasteiger partial charge < -0.3 is 14.7 Å². The molecule has 0 saturated heterocycles. The molecule has 0 N–H and O–H groups in total. The number of nitrogens with zero attached hydrogens (tertiary/aromatic N) is 3. The molecule has 0 atom stereocenters. The van der Waals surface area contributed by atoms with Gasteiger partial charge in [0.2, 0.25) is 0 Å². The summed E-state index contributed by atoms with van der Waals surface area (Å²) in [6.45, 7) is 0. The number of rotatable bonds is 11. The third-order valence-corrected chi connectivity index (χ3v) is 10.2. The van der Waals surface area contributed by atoms with Crippen molar-refractivity contribution in [3.05, 3.63) is 249 Å². The Balaban J connectivity index is 1.05. The molecule has 0 spiro atoms. The highest BCUT2D eigenvalue weighted by atomic mass is 15.2. The Bertz CT molecular complexity index is 2440. The number of benzene rings is 9. The molecule has 9 aromatic carbocycles. The second-order valence-corrected chi connectivity index (χ2v) is 13.9.